The van der Waals surface area contributed by atoms with Crippen LogP contribution >= 0.6 is 7.82 Å². The minimum atomic E-state index is -4.25. The Kier molecular flexibility index (Phi) is 8.28. The molecule has 6 nitrogen and oxygen atoms in total. The maximum Gasteiger partial charge on any atom is 1.00 e. The minimum Gasteiger partial charge on any atom is -1.00 e. The Hall–Kier alpha value is 0.0900. The summed E-state index contributed by atoms with van der Waals surface area (Å²) in [5.41, 5.74) is 0. The third-order valence-corrected chi connectivity index (χ3v) is 2.52. The van der Waals surface area contributed by atoms with Crippen molar-refractivity contribution in [2.45, 2.75) is 6.10 Å². The van der Waals surface area contributed by atoms with Gasteiger partial charge in [0.1, 0.15) is 11.9 Å². The molecule has 1 aromatic rings. The molecular weight excluding hydrogens is 258 g/mol. The standard InChI is InChI=1S/C9H13O6P.Na.H/c10-6-8(11)7-14-16(12,13)15-9-4-2-1-3-5-9;;/h1-5,8,10-11H,6-7H2,(H,12,13);;/q;+1;-1. The molecule has 0 fully saturated rings. The zero-order valence-corrected chi connectivity index (χ0v) is 12.3. The van der Waals surface area contributed by atoms with Gasteiger partial charge >= 0.3 is 37.4 Å². The van der Waals surface area contributed by atoms with Gasteiger partial charge in [0.05, 0.1) is 13.2 Å². The smallest absolute Gasteiger partial charge is 1.00 e. The Morgan fingerprint density at radius 3 is 2.47 bits per heavy atom. The van der Waals surface area contributed by atoms with Gasteiger partial charge in [-0.05, 0) is 12.1 Å². The van der Waals surface area contributed by atoms with Crippen LogP contribution in [0, 0.1) is 0 Å². The number of para-hydroxylation sites is 1. The van der Waals surface area contributed by atoms with Crippen molar-refractivity contribution in [2.24, 2.45) is 0 Å². The molecule has 0 heterocycles. The van der Waals surface area contributed by atoms with E-state index in [4.69, 9.17) is 14.7 Å². The van der Waals surface area contributed by atoms with Crippen LogP contribution in [-0.2, 0) is 9.09 Å². The van der Waals surface area contributed by atoms with Gasteiger partial charge in [0.15, 0.2) is 0 Å². The summed E-state index contributed by atoms with van der Waals surface area (Å²) in [6, 6.07) is 7.99. The number of phosphoric ester groups is 1. The summed E-state index contributed by atoms with van der Waals surface area (Å²) >= 11 is 0. The Morgan fingerprint density at radius 1 is 1.35 bits per heavy atom. The third kappa shape index (κ3) is 7.18. The van der Waals surface area contributed by atoms with Crippen molar-refractivity contribution in [2.75, 3.05) is 13.2 Å². The Morgan fingerprint density at radius 2 is 1.94 bits per heavy atom. The molecule has 0 saturated heterocycles. The molecule has 0 radical (unpaired) electrons. The molecule has 2 unspecified atom stereocenters. The normalized spacial score (nSPS) is 15.5. The van der Waals surface area contributed by atoms with Crippen LogP contribution in [0.15, 0.2) is 30.3 Å². The van der Waals surface area contributed by atoms with Crippen molar-refractivity contribution >= 4 is 7.82 Å². The van der Waals surface area contributed by atoms with E-state index in [1.54, 1.807) is 18.2 Å². The molecule has 92 valence electrons. The van der Waals surface area contributed by atoms with Crippen LogP contribution in [0.4, 0.5) is 0 Å². The van der Waals surface area contributed by atoms with Gasteiger partial charge in [0, 0.05) is 0 Å². The summed E-state index contributed by atoms with van der Waals surface area (Å²) in [6.07, 6.45) is -1.21. The summed E-state index contributed by atoms with van der Waals surface area (Å²) < 4.78 is 20.5. The fraction of sp³-hybridized carbons (Fsp3) is 0.333. The molecule has 1 aromatic carbocycles. The van der Waals surface area contributed by atoms with E-state index in [1.165, 1.54) is 12.1 Å². The van der Waals surface area contributed by atoms with E-state index in [-0.39, 0.29) is 36.7 Å². The number of benzene rings is 1. The first-order chi connectivity index (χ1) is 7.53. The zero-order valence-electron chi connectivity index (χ0n) is 10.4. The SMILES string of the molecule is O=P(O)(OCC(O)CO)Oc1ccccc1.[H-].[Na+]. The maximum atomic E-state index is 11.3. The van der Waals surface area contributed by atoms with E-state index in [0.29, 0.717) is 0 Å². The van der Waals surface area contributed by atoms with E-state index in [9.17, 15) is 9.46 Å². The van der Waals surface area contributed by atoms with Crippen molar-refractivity contribution in [1.29, 1.82) is 0 Å². The van der Waals surface area contributed by atoms with Gasteiger partial charge in [-0.2, -0.15) is 0 Å². The molecular formula is C9H14NaO6P. The van der Waals surface area contributed by atoms with Crippen LogP contribution < -0.4 is 34.1 Å². The molecule has 8 heteroatoms. The monoisotopic (exact) mass is 272 g/mol. The van der Waals surface area contributed by atoms with Gasteiger partial charge in [-0.1, -0.05) is 18.2 Å². The summed E-state index contributed by atoms with van der Waals surface area (Å²) in [5, 5.41) is 17.4. The van der Waals surface area contributed by atoms with Crippen molar-refractivity contribution in [3.63, 3.8) is 0 Å². The number of hydrogen-bond acceptors (Lipinski definition) is 5. The van der Waals surface area contributed by atoms with Crippen molar-refractivity contribution in [3.05, 3.63) is 30.3 Å². The molecule has 0 saturated carbocycles. The van der Waals surface area contributed by atoms with E-state index in [2.05, 4.69) is 4.52 Å². The molecule has 0 aliphatic rings. The molecule has 0 bridgehead atoms. The Bertz CT molecular complexity index is 365. The van der Waals surface area contributed by atoms with Gasteiger partial charge in [0.25, 0.3) is 0 Å². The molecule has 0 spiro atoms. The fourth-order valence-corrected chi connectivity index (χ4v) is 1.68. The average molecular weight is 272 g/mol. The number of rotatable bonds is 6. The van der Waals surface area contributed by atoms with Gasteiger partial charge in [-0.15, -0.1) is 0 Å². The van der Waals surface area contributed by atoms with E-state index in [1.807, 2.05) is 0 Å². The van der Waals surface area contributed by atoms with E-state index in [0.717, 1.165) is 0 Å². The van der Waals surface area contributed by atoms with Crippen LogP contribution in [-0.4, -0.2) is 34.4 Å². The third-order valence-electron chi connectivity index (χ3n) is 1.60. The van der Waals surface area contributed by atoms with E-state index >= 15 is 0 Å². The maximum absolute atomic E-state index is 11.3. The quantitative estimate of drug-likeness (QED) is 0.396. The molecule has 3 N–H and O–H groups in total. The predicted octanol–water partition coefficient (Wildman–Crippen LogP) is -2.35. The molecule has 0 aliphatic carbocycles. The number of aliphatic hydroxyl groups is 2. The van der Waals surface area contributed by atoms with Crippen molar-refractivity contribution in [3.8, 4) is 5.75 Å². The van der Waals surface area contributed by atoms with Crippen molar-refractivity contribution < 1.29 is 59.7 Å². The summed E-state index contributed by atoms with van der Waals surface area (Å²) in [6.45, 7) is -1.03. The van der Waals surface area contributed by atoms with Crippen LogP contribution in [0.25, 0.3) is 0 Å². The largest absolute Gasteiger partial charge is 1.00 e. The molecule has 0 amide bonds. The van der Waals surface area contributed by atoms with Crippen LogP contribution in [0.2, 0.25) is 0 Å². The molecule has 0 aromatic heterocycles. The van der Waals surface area contributed by atoms with Gasteiger partial charge in [-0.25, -0.2) is 4.57 Å². The van der Waals surface area contributed by atoms with Gasteiger partial charge in [-0.3, -0.25) is 9.42 Å². The second-order valence-electron chi connectivity index (χ2n) is 3.01. The Balaban J connectivity index is 0. The zero-order chi connectivity index (χ0) is 12.0. The van der Waals surface area contributed by atoms with Crippen LogP contribution in [0.3, 0.4) is 0 Å². The molecule has 1 rings (SSSR count). The van der Waals surface area contributed by atoms with Gasteiger partial charge < -0.3 is 16.2 Å². The predicted molar refractivity (Wildman–Crippen MR) is 57.1 cm³/mol. The summed E-state index contributed by atoms with van der Waals surface area (Å²) in [7, 11) is -4.25. The van der Waals surface area contributed by atoms with Gasteiger partial charge in [0.2, 0.25) is 0 Å². The van der Waals surface area contributed by atoms with E-state index < -0.39 is 27.1 Å². The number of hydrogen-bond donors (Lipinski definition) is 3. The Labute approximate surface area is 123 Å². The molecule has 17 heavy (non-hydrogen) atoms. The van der Waals surface area contributed by atoms with Crippen molar-refractivity contribution in [1.82, 2.24) is 0 Å². The summed E-state index contributed by atoms with van der Waals surface area (Å²) in [4.78, 5) is 9.23. The first-order valence-electron chi connectivity index (χ1n) is 4.54. The second-order valence-corrected chi connectivity index (χ2v) is 4.38. The minimum absolute atomic E-state index is 0. The average Bonchev–Trinajstić information content (AvgIpc) is 2.27. The fourth-order valence-electron chi connectivity index (χ4n) is 0.874. The number of phosphoric acid groups is 1. The summed E-state index contributed by atoms with van der Waals surface area (Å²) in [5.74, 6) is 0.187. The topological polar surface area (TPSA) is 96.2 Å². The second kappa shape index (κ2) is 8.24. The molecule has 0 aliphatic heterocycles. The first kappa shape index (κ1) is 17.1. The first-order valence-corrected chi connectivity index (χ1v) is 6.04. The van der Waals surface area contributed by atoms with Crippen LogP contribution in [0.1, 0.15) is 1.43 Å². The molecule has 2 atom stereocenters. The number of aliphatic hydroxyl groups excluding tert-OH is 2. The van der Waals surface area contributed by atoms with Crippen LogP contribution in [0.5, 0.6) is 5.75 Å².